The van der Waals surface area contributed by atoms with Crippen LogP contribution in [0, 0.1) is 0 Å². The molecule has 0 saturated carbocycles. The van der Waals surface area contributed by atoms with Gasteiger partial charge in [0.25, 0.3) is 0 Å². The van der Waals surface area contributed by atoms with E-state index < -0.39 is 6.23 Å². The van der Waals surface area contributed by atoms with Crippen molar-refractivity contribution >= 4 is 94.0 Å². The number of nitrogens with zero attached hydrogens (tertiary/aromatic N) is 2. The number of fused-ring (bicyclic) bond motifs is 3. The summed E-state index contributed by atoms with van der Waals surface area (Å²) in [6.07, 6.45) is 0.816. The molecule has 0 unspecified atom stereocenters. The van der Waals surface area contributed by atoms with Crippen molar-refractivity contribution in [3.63, 3.8) is 0 Å². The fraction of sp³-hybridized carbons (Fsp3) is 0.0417. The summed E-state index contributed by atoms with van der Waals surface area (Å²) in [5.41, 5.74) is 2.35. The zero-order chi connectivity index (χ0) is 24.1. The molecule has 6 rings (SSSR count). The third-order valence-electron chi connectivity index (χ3n) is 5.28. The van der Waals surface area contributed by atoms with Gasteiger partial charge in [0.1, 0.15) is 5.75 Å². The lowest BCUT2D eigenvalue weighted by Gasteiger charge is -2.28. The molecule has 1 atom stereocenters. The molecule has 35 heavy (non-hydrogen) atoms. The molecule has 0 bridgehead atoms. The normalized spacial score (nSPS) is 16.5. The van der Waals surface area contributed by atoms with Gasteiger partial charge in [-0.25, -0.2) is 9.97 Å². The number of ether oxygens (including phenoxy) is 1. The van der Waals surface area contributed by atoms with E-state index >= 15 is 0 Å². The van der Waals surface area contributed by atoms with E-state index in [1.54, 1.807) is 36.5 Å². The van der Waals surface area contributed by atoms with Crippen LogP contribution in [0.1, 0.15) is 10.4 Å². The Morgan fingerprint density at radius 1 is 0.829 bits per heavy atom. The van der Waals surface area contributed by atoms with Gasteiger partial charge in [-0.2, -0.15) is 0 Å². The van der Waals surface area contributed by atoms with Gasteiger partial charge in [-0.05, 0) is 54.6 Å². The Labute approximate surface area is 222 Å². The molecule has 0 aliphatic carbocycles. The Balaban J connectivity index is 1.36. The van der Waals surface area contributed by atoms with Crippen LogP contribution in [0.25, 0.3) is 20.4 Å². The largest absolute Gasteiger partial charge is 0.465 e. The molecule has 0 spiro atoms. The molecule has 5 aromatic rings. The Hall–Kier alpha value is -2.88. The molecule has 3 heterocycles. The van der Waals surface area contributed by atoms with E-state index in [1.807, 2.05) is 24.3 Å². The first kappa shape index (κ1) is 22.6. The molecule has 1 aliphatic rings. The van der Waals surface area contributed by atoms with Gasteiger partial charge in [0.05, 0.1) is 31.6 Å². The summed E-state index contributed by atoms with van der Waals surface area (Å²) < 4.78 is 8.02. The number of anilines is 2. The number of hydrogen-bond donors (Lipinski definition) is 2. The van der Waals surface area contributed by atoms with Gasteiger partial charge in [0.15, 0.2) is 16.0 Å². The van der Waals surface area contributed by atoms with Gasteiger partial charge < -0.3 is 15.4 Å². The quantitative estimate of drug-likeness (QED) is 0.218. The lowest BCUT2D eigenvalue weighted by atomic mass is 9.99. The van der Waals surface area contributed by atoms with Gasteiger partial charge in [0.2, 0.25) is 6.23 Å². The van der Waals surface area contributed by atoms with Crippen molar-refractivity contribution < 1.29 is 9.53 Å². The Kier molecular flexibility index (Phi) is 5.78. The number of thiazole rings is 2. The highest BCUT2D eigenvalue weighted by Gasteiger charge is 2.33. The highest BCUT2D eigenvalue weighted by molar-refractivity contribution is 7.22. The van der Waals surface area contributed by atoms with Crippen LogP contribution in [0.4, 0.5) is 10.3 Å². The number of benzene rings is 3. The molecule has 0 amide bonds. The van der Waals surface area contributed by atoms with E-state index in [1.165, 1.54) is 22.7 Å². The number of nitrogens with one attached hydrogen (secondary N) is 2. The van der Waals surface area contributed by atoms with Gasteiger partial charge in [-0.3, -0.25) is 4.79 Å². The van der Waals surface area contributed by atoms with E-state index in [4.69, 9.17) is 39.5 Å². The maximum absolute atomic E-state index is 13.5. The number of hydrogen-bond acceptors (Lipinski definition) is 8. The van der Waals surface area contributed by atoms with Gasteiger partial charge in [-0.15, -0.1) is 0 Å². The molecule has 1 aliphatic heterocycles. The van der Waals surface area contributed by atoms with Crippen molar-refractivity contribution in [2.75, 3.05) is 10.6 Å². The average molecular weight is 560 g/mol. The van der Waals surface area contributed by atoms with Crippen molar-refractivity contribution in [2.45, 2.75) is 6.23 Å². The maximum Gasteiger partial charge on any atom is 0.203 e. The van der Waals surface area contributed by atoms with Crippen LogP contribution >= 0.6 is 57.5 Å². The van der Waals surface area contributed by atoms with Crippen molar-refractivity contribution in [1.82, 2.24) is 9.97 Å². The topological polar surface area (TPSA) is 76.1 Å². The summed E-state index contributed by atoms with van der Waals surface area (Å²) >= 11 is 21.2. The zero-order valence-corrected chi connectivity index (χ0v) is 21.4. The second-order valence-electron chi connectivity index (χ2n) is 7.62. The SMILES string of the molecule is O=C1/C(=C\Nc2nc3ccc(Cl)cc3s2)[C@@H](Nc2nc3ccc(Cl)cc3s2)Oc2ccc(Cl)cc21. The van der Waals surface area contributed by atoms with Crippen LogP contribution < -0.4 is 15.4 Å². The lowest BCUT2D eigenvalue weighted by molar-refractivity contribution is 0.0973. The van der Waals surface area contributed by atoms with E-state index in [9.17, 15) is 4.79 Å². The Morgan fingerprint density at radius 2 is 1.43 bits per heavy atom. The van der Waals surface area contributed by atoms with E-state index in [-0.39, 0.29) is 5.78 Å². The fourth-order valence-electron chi connectivity index (χ4n) is 3.67. The number of carbonyl (C=O) groups is 1. The van der Waals surface area contributed by atoms with Crippen LogP contribution in [0.5, 0.6) is 5.75 Å². The van der Waals surface area contributed by atoms with Crippen molar-refractivity contribution in [3.05, 3.63) is 87.0 Å². The number of aromatic nitrogens is 2. The van der Waals surface area contributed by atoms with Gasteiger partial charge in [-0.1, -0.05) is 57.5 Å². The Bertz CT molecular complexity index is 1660. The second-order valence-corrected chi connectivity index (χ2v) is 11.0. The number of ketones is 1. The predicted molar refractivity (Wildman–Crippen MR) is 145 cm³/mol. The average Bonchev–Trinajstić information content (AvgIpc) is 3.41. The third-order valence-corrected chi connectivity index (χ3v) is 7.89. The molecular formula is C24H13Cl3N4O2S2. The van der Waals surface area contributed by atoms with Crippen LogP contribution in [0.2, 0.25) is 15.1 Å². The molecule has 174 valence electrons. The fourth-order valence-corrected chi connectivity index (χ4v) is 6.11. The van der Waals surface area contributed by atoms with Crippen molar-refractivity contribution in [3.8, 4) is 5.75 Å². The van der Waals surface area contributed by atoms with Crippen molar-refractivity contribution in [1.29, 1.82) is 0 Å². The number of rotatable bonds is 4. The summed E-state index contributed by atoms with van der Waals surface area (Å²) in [6.45, 7) is 0. The highest BCUT2D eigenvalue weighted by atomic mass is 35.5. The number of Topliss-reactive ketones (excluding diaryl/α,β-unsaturated/α-hetero) is 1. The first-order valence-electron chi connectivity index (χ1n) is 10.3. The summed E-state index contributed by atoms with van der Waals surface area (Å²) in [7, 11) is 0. The van der Waals surface area contributed by atoms with E-state index in [0.29, 0.717) is 42.2 Å². The minimum atomic E-state index is -0.788. The summed E-state index contributed by atoms with van der Waals surface area (Å²) in [6, 6.07) is 15.9. The van der Waals surface area contributed by atoms with E-state index in [2.05, 4.69) is 20.6 Å². The van der Waals surface area contributed by atoms with Crippen LogP contribution in [0.15, 0.2) is 66.4 Å². The maximum atomic E-state index is 13.5. The molecule has 0 saturated heterocycles. The summed E-state index contributed by atoms with van der Waals surface area (Å²) in [5.74, 6) is 0.222. The van der Waals surface area contributed by atoms with Gasteiger partial charge >= 0.3 is 0 Å². The zero-order valence-electron chi connectivity index (χ0n) is 17.5. The van der Waals surface area contributed by atoms with Gasteiger partial charge in [0, 0.05) is 21.3 Å². The minimum absolute atomic E-state index is 0.216. The predicted octanol–water partition coefficient (Wildman–Crippen LogP) is 7.88. The minimum Gasteiger partial charge on any atom is -0.465 e. The molecule has 11 heteroatoms. The second kappa shape index (κ2) is 8.96. The first-order valence-corrected chi connectivity index (χ1v) is 13.1. The highest BCUT2D eigenvalue weighted by Crippen LogP contribution is 2.36. The molecule has 2 N–H and O–H groups in total. The molecule has 3 aromatic carbocycles. The standard InChI is InChI=1S/C24H13Cl3N4O2S2/c25-11-3-6-18-14(7-11)21(32)15(10-28-23-29-16-4-1-12(26)8-19(16)34-23)22(33-18)31-24-30-17-5-2-13(27)9-20(17)35-24/h1-10,22H,(H,28,29)(H,30,31)/b15-10+/t22-/m0/s1. The summed E-state index contributed by atoms with van der Waals surface area (Å²) in [5, 5.41) is 9.31. The van der Waals surface area contributed by atoms with Crippen molar-refractivity contribution in [2.24, 2.45) is 0 Å². The first-order chi connectivity index (χ1) is 16.9. The van der Waals surface area contributed by atoms with Crippen LogP contribution in [0.3, 0.4) is 0 Å². The number of halogens is 3. The molecule has 6 nitrogen and oxygen atoms in total. The molecule has 0 radical (unpaired) electrons. The molecule has 2 aromatic heterocycles. The smallest absolute Gasteiger partial charge is 0.203 e. The van der Waals surface area contributed by atoms with Crippen LogP contribution in [-0.2, 0) is 0 Å². The monoisotopic (exact) mass is 558 g/mol. The number of carbonyl (C=O) groups excluding carboxylic acids is 1. The molecular weight excluding hydrogens is 547 g/mol. The Morgan fingerprint density at radius 3 is 2.14 bits per heavy atom. The van der Waals surface area contributed by atoms with Crippen LogP contribution in [-0.4, -0.2) is 22.0 Å². The van der Waals surface area contributed by atoms with E-state index in [0.717, 1.165) is 20.4 Å². The lowest BCUT2D eigenvalue weighted by Crippen LogP contribution is -2.37. The summed E-state index contributed by atoms with van der Waals surface area (Å²) in [4.78, 5) is 22.6. The molecule has 0 fully saturated rings. The third kappa shape index (κ3) is 4.44.